The van der Waals surface area contributed by atoms with Crippen LogP contribution in [0.3, 0.4) is 0 Å². The minimum atomic E-state index is -1.98. The van der Waals surface area contributed by atoms with Crippen LogP contribution in [0, 0.1) is 10.1 Å². The first-order valence-corrected chi connectivity index (χ1v) is 5.10. The van der Waals surface area contributed by atoms with Crippen molar-refractivity contribution in [2.24, 2.45) is 0 Å². The lowest BCUT2D eigenvalue weighted by atomic mass is 10.1. The fraction of sp³-hybridized carbons (Fsp3) is 0.222. The zero-order chi connectivity index (χ0) is 13.2. The highest BCUT2D eigenvalue weighted by Crippen LogP contribution is 2.37. The lowest BCUT2D eigenvalue weighted by Gasteiger charge is -2.10. The highest BCUT2D eigenvalue weighted by Gasteiger charge is 2.30. The molecule has 0 radical (unpaired) electrons. The SMILES string of the molecule is COc1cc(Br)cc(C(O)C(=O)O)c1[N+](=O)[O-]. The Kier molecular flexibility index (Phi) is 4.02. The Labute approximate surface area is 104 Å². The summed E-state index contributed by atoms with van der Waals surface area (Å²) in [5.41, 5.74) is -0.903. The van der Waals surface area contributed by atoms with E-state index in [0.29, 0.717) is 4.47 Å². The molecular weight excluding hydrogens is 298 g/mol. The zero-order valence-electron chi connectivity index (χ0n) is 8.58. The third kappa shape index (κ3) is 2.71. The lowest BCUT2D eigenvalue weighted by Crippen LogP contribution is -2.13. The molecule has 0 saturated heterocycles. The summed E-state index contributed by atoms with van der Waals surface area (Å²) in [5, 5.41) is 28.9. The molecule has 1 unspecified atom stereocenters. The van der Waals surface area contributed by atoms with Crippen LogP contribution in [0.1, 0.15) is 11.7 Å². The van der Waals surface area contributed by atoms with Crippen LogP contribution in [-0.4, -0.2) is 28.2 Å². The first kappa shape index (κ1) is 13.4. The molecule has 1 aromatic carbocycles. The van der Waals surface area contributed by atoms with Crippen molar-refractivity contribution in [3.8, 4) is 5.75 Å². The molecule has 0 heterocycles. The Balaban J connectivity index is 3.51. The second-order valence-electron chi connectivity index (χ2n) is 3.04. The van der Waals surface area contributed by atoms with Gasteiger partial charge in [0.2, 0.25) is 0 Å². The van der Waals surface area contributed by atoms with E-state index in [1.165, 1.54) is 19.2 Å². The van der Waals surface area contributed by atoms with Gasteiger partial charge in [0.25, 0.3) is 0 Å². The Hall–Kier alpha value is -1.67. The van der Waals surface area contributed by atoms with E-state index in [0.717, 1.165) is 0 Å². The van der Waals surface area contributed by atoms with E-state index in [2.05, 4.69) is 15.9 Å². The van der Waals surface area contributed by atoms with Gasteiger partial charge in [-0.25, -0.2) is 4.79 Å². The summed E-state index contributed by atoms with van der Waals surface area (Å²) in [6, 6.07) is 2.48. The van der Waals surface area contributed by atoms with Crippen LogP contribution in [0.5, 0.6) is 5.75 Å². The first-order chi connectivity index (χ1) is 7.88. The number of methoxy groups -OCH3 is 1. The van der Waals surface area contributed by atoms with Gasteiger partial charge < -0.3 is 14.9 Å². The number of nitro benzene ring substituents is 1. The van der Waals surface area contributed by atoms with Crippen molar-refractivity contribution < 1.29 is 24.7 Å². The second-order valence-corrected chi connectivity index (χ2v) is 3.96. The number of carbonyl (C=O) groups is 1. The van der Waals surface area contributed by atoms with E-state index in [9.17, 15) is 20.0 Å². The Bertz CT molecular complexity index is 475. The molecule has 0 aliphatic rings. The number of nitro groups is 1. The third-order valence-corrected chi connectivity index (χ3v) is 2.46. The summed E-state index contributed by atoms with van der Waals surface area (Å²) in [6.45, 7) is 0. The number of aliphatic carboxylic acids is 1. The van der Waals surface area contributed by atoms with E-state index in [1.807, 2.05) is 0 Å². The molecule has 7 nitrogen and oxygen atoms in total. The second kappa shape index (κ2) is 5.11. The van der Waals surface area contributed by atoms with Crippen molar-refractivity contribution in [3.63, 3.8) is 0 Å². The Morgan fingerprint density at radius 1 is 1.59 bits per heavy atom. The number of carboxylic acid groups (broad SMARTS) is 1. The van der Waals surface area contributed by atoms with Crippen LogP contribution in [0.15, 0.2) is 16.6 Å². The molecule has 0 aliphatic heterocycles. The summed E-state index contributed by atoms with van der Waals surface area (Å²) >= 11 is 3.05. The summed E-state index contributed by atoms with van der Waals surface area (Å²) in [6.07, 6.45) is -1.98. The molecule has 0 aliphatic carbocycles. The standard InChI is InChI=1S/C9H8BrNO6/c1-17-6-3-4(10)2-5(7(6)11(15)16)8(12)9(13)14/h2-3,8,12H,1H3,(H,13,14). The van der Waals surface area contributed by atoms with Gasteiger partial charge >= 0.3 is 11.7 Å². The van der Waals surface area contributed by atoms with Crippen molar-refractivity contribution >= 4 is 27.6 Å². The first-order valence-electron chi connectivity index (χ1n) is 4.31. The van der Waals surface area contributed by atoms with E-state index in [4.69, 9.17) is 9.84 Å². The van der Waals surface area contributed by atoms with Gasteiger partial charge in [0.1, 0.15) is 0 Å². The highest BCUT2D eigenvalue weighted by molar-refractivity contribution is 9.10. The van der Waals surface area contributed by atoms with Crippen molar-refractivity contribution in [2.75, 3.05) is 7.11 Å². The predicted molar refractivity (Wildman–Crippen MR) is 59.9 cm³/mol. The van der Waals surface area contributed by atoms with E-state index in [-0.39, 0.29) is 11.3 Å². The number of ether oxygens (including phenoxy) is 1. The van der Waals surface area contributed by atoms with E-state index < -0.39 is 22.7 Å². The van der Waals surface area contributed by atoms with Crippen molar-refractivity contribution in [1.29, 1.82) is 0 Å². The molecule has 0 bridgehead atoms. The summed E-state index contributed by atoms with van der Waals surface area (Å²) in [5.74, 6) is -1.70. The lowest BCUT2D eigenvalue weighted by molar-refractivity contribution is -0.387. The molecule has 0 aromatic heterocycles. The van der Waals surface area contributed by atoms with Gasteiger partial charge in [-0.2, -0.15) is 0 Å². The summed E-state index contributed by atoms with van der Waals surface area (Å²) in [7, 11) is 1.21. The van der Waals surface area contributed by atoms with Crippen LogP contribution in [0.4, 0.5) is 5.69 Å². The number of nitrogens with zero attached hydrogens (tertiary/aromatic N) is 1. The average Bonchev–Trinajstić information content (AvgIpc) is 2.25. The normalized spacial score (nSPS) is 11.9. The van der Waals surface area contributed by atoms with Gasteiger partial charge in [0.15, 0.2) is 11.9 Å². The molecule has 17 heavy (non-hydrogen) atoms. The quantitative estimate of drug-likeness (QED) is 0.644. The van der Waals surface area contributed by atoms with Crippen LogP contribution >= 0.6 is 15.9 Å². The molecule has 1 rings (SSSR count). The van der Waals surface area contributed by atoms with Crippen LogP contribution in [-0.2, 0) is 4.79 Å². The molecule has 0 saturated carbocycles. The highest BCUT2D eigenvalue weighted by atomic mass is 79.9. The number of hydrogen-bond donors (Lipinski definition) is 2. The van der Waals surface area contributed by atoms with Gasteiger partial charge in [-0.15, -0.1) is 0 Å². The van der Waals surface area contributed by atoms with Crippen LogP contribution < -0.4 is 4.74 Å². The molecular formula is C9H8BrNO6. The molecule has 92 valence electrons. The smallest absolute Gasteiger partial charge is 0.337 e. The maximum atomic E-state index is 10.8. The molecule has 1 aromatic rings. The predicted octanol–water partition coefficient (Wildman–Crippen LogP) is 1.48. The number of benzene rings is 1. The van der Waals surface area contributed by atoms with Crippen LogP contribution in [0.2, 0.25) is 0 Å². The average molecular weight is 306 g/mol. The Morgan fingerprint density at radius 3 is 2.59 bits per heavy atom. The molecule has 8 heteroatoms. The maximum Gasteiger partial charge on any atom is 0.337 e. The van der Waals surface area contributed by atoms with Gasteiger partial charge in [0, 0.05) is 10.5 Å². The van der Waals surface area contributed by atoms with Gasteiger partial charge in [-0.1, -0.05) is 15.9 Å². The topological polar surface area (TPSA) is 110 Å². The Morgan fingerprint density at radius 2 is 2.18 bits per heavy atom. The molecule has 0 fully saturated rings. The largest absolute Gasteiger partial charge is 0.490 e. The minimum absolute atomic E-state index is 0.125. The molecule has 0 spiro atoms. The molecule has 0 amide bonds. The maximum absolute atomic E-state index is 10.8. The van der Waals surface area contributed by atoms with Crippen molar-refractivity contribution in [1.82, 2.24) is 0 Å². The van der Waals surface area contributed by atoms with E-state index >= 15 is 0 Å². The van der Waals surface area contributed by atoms with Crippen molar-refractivity contribution in [2.45, 2.75) is 6.10 Å². The van der Waals surface area contributed by atoms with Gasteiger partial charge in [0.05, 0.1) is 17.6 Å². The van der Waals surface area contributed by atoms with Gasteiger partial charge in [-0.05, 0) is 6.07 Å². The number of halogens is 1. The monoisotopic (exact) mass is 305 g/mol. The number of aliphatic hydroxyl groups excluding tert-OH is 1. The molecule has 1 atom stereocenters. The summed E-state index contributed by atoms with van der Waals surface area (Å²) < 4.78 is 5.15. The van der Waals surface area contributed by atoms with Crippen molar-refractivity contribution in [3.05, 3.63) is 32.3 Å². The fourth-order valence-electron chi connectivity index (χ4n) is 1.29. The third-order valence-electron chi connectivity index (χ3n) is 2.00. The zero-order valence-corrected chi connectivity index (χ0v) is 10.2. The number of rotatable bonds is 4. The number of hydrogen-bond acceptors (Lipinski definition) is 5. The summed E-state index contributed by atoms with van der Waals surface area (Å²) in [4.78, 5) is 20.7. The number of carboxylic acids is 1. The molecule has 2 N–H and O–H groups in total. The van der Waals surface area contributed by atoms with Gasteiger partial charge in [-0.3, -0.25) is 10.1 Å². The minimum Gasteiger partial charge on any atom is -0.490 e. The van der Waals surface area contributed by atoms with E-state index in [1.54, 1.807) is 0 Å². The number of aliphatic hydroxyl groups is 1. The fourth-order valence-corrected chi connectivity index (χ4v) is 1.74. The van der Waals surface area contributed by atoms with Crippen LogP contribution in [0.25, 0.3) is 0 Å².